The smallest absolute Gasteiger partial charge is 0.242 e. The molecule has 0 bridgehead atoms. The first-order valence-corrected chi connectivity index (χ1v) is 15.0. The van der Waals surface area contributed by atoms with Crippen molar-refractivity contribution in [2.75, 3.05) is 37.1 Å². The molecule has 2 amide bonds. The summed E-state index contributed by atoms with van der Waals surface area (Å²) in [6, 6.07) is 24.1. The van der Waals surface area contributed by atoms with Crippen LogP contribution in [0.4, 0.5) is 5.82 Å². The molecule has 7 rings (SSSR count). The number of amides is 2. The number of aromatic nitrogens is 2. The maximum atomic E-state index is 13.9. The van der Waals surface area contributed by atoms with E-state index in [4.69, 9.17) is 14.6 Å². The fourth-order valence-corrected chi connectivity index (χ4v) is 7.00. The molecule has 1 unspecified atom stereocenters. The van der Waals surface area contributed by atoms with E-state index >= 15 is 0 Å². The number of rotatable bonds is 5. The number of hydrogen-bond donors (Lipinski definition) is 0. The lowest BCUT2D eigenvalue weighted by Crippen LogP contribution is -2.43. The third-order valence-corrected chi connectivity index (χ3v) is 9.09. The SMILES string of the molecule is Cc1cccc(-n2nc(-c3ccccc3)c3c2N(CC(=O)N2CCCC2)C(=O)CSC3c2ccc3c(c2)OCO3)c1. The van der Waals surface area contributed by atoms with Gasteiger partial charge in [-0.05, 0) is 55.2 Å². The van der Waals surface area contributed by atoms with Crippen LogP contribution in [0.3, 0.4) is 0 Å². The number of ether oxygens (including phenoxy) is 2. The molecule has 9 heteroatoms. The van der Waals surface area contributed by atoms with Crippen molar-refractivity contribution in [1.82, 2.24) is 14.7 Å². The molecule has 4 aromatic rings. The Morgan fingerprint density at radius 1 is 0.976 bits per heavy atom. The Bertz CT molecular complexity index is 1630. The summed E-state index contributed by atoms with van der Waals surface area (Å²) in [7, 11) is 0. The van der Waals surface area contributed by atoms with Crippen LogP contribution in [-0.4, -0.2) is 58.7 Å². The fraction of sp³-hybridized carbons (Fsp3) is 0.281. The van der Waals surface area contributed by atoms with E-state index in [1.165, 1.54) is 0 Å². The maximum Gasteiger partial charge on any atom is 0.242 e. The van der Waals surface area contributed by atoms with Crippen LogP contribution < -0.4 is 14.4 Å². The fourth-order valence-electron chi connectivity index (χ4n) is 5.81. The molecule has 1 atom stereocenters. The first kappa shape index (κ1) is 25.7. The van der Waals surface area contributed by atoms with Gasteiger partial charge in [-0.15, -0.1) is 11.8 Å². The zero-order valence-corrected chi connectivity index (χ0v) is 23.6. The second kappa shape index (κ2) is 10.6. The highest BCUT2D eigenvalue weighted by molar-refractivity contribution is 8.00. The molecule has 3 aliphatic rings. The minimum atomic E-state index is -0.232. The van der Waals surface area contributed by atoms with Gasteiger partial charge in [0.05, 0.1) is 22.4 Å². The zero-order valence-electron chi connectivity index (χ0n) is 22.8. The summed E-state index contributed by atoms with van der Waals surface area (Å²) in [6.07, 6.45) is 1.98. The molecule has 1 aromatic heterocycles. The number of fused-ring (bicyclic) bond motifs is 2. The summed E-state index contributed by atoms with van der Waals surface area (Å²) in [5.74, 6) is 2.11. The Labute approximate surface area is 242 Å². The molecule has 1 fully saturated rings. The van der Waals surface area contributed by atoms with Crippen LogP contribution in [0.1, 0.15) is 34.8 Å². The Morgan fingerprint density at radius 3 is 2.59 bits per heavy atom. The molecular weight excluding hydrogens is 536 g/mol. The van der Waals surface area contributed by atoms with Crippen LogP contribution in [-0.2, 0) is 9.59 Å². The van der Waals surface area contributed by atoms with Crippen molar-refractivity contribution in [3.63, 3.8) is 0 Å². The van der Waals surface area contributed by atoms with E-state index in [2.05, 4.69) is 6.07 Å². The van der Waals surface area contributed by atoms with E-state index in [9.17, 15) is 9.59 Å². The lowest BCUT2D eigenvalue weighted by molar-refractivity contribution is -0.130. The summed E-state index contributed by atoms with van der Waals surface area (Å²) < 4.78 is 13.2. The number of aryl methyl sites for hydroxylation is 1. The zero-order chi connectivity index (χ0) is 27.9. The number of carbonyl (C=O) groups is 2. The molecule has 0 N–H and O–H groups in total. The van der Waals surface area contributed by atoms with Gasteiger partial charge in [0.1, 0.15) is 12.4 Å². The molecule has 4 heterocycles. The van der Waals surface area contributed by atoms with E-state index in [0.29, 0.717) is 17.3 Å². The van der Waals surface area contributed by atoms with E-state index < -0.39 is 0 Å². The van der Waals surface area contributed by atoms with Gasteiger partial charge in [0.2, 0.25) is 18.6 Å². The first-order valence-electron chi connectivity index (χ1n) is 13.9. The molecule has 3 aliphatic heterocycles. The molecule has 0 radical (unpaired) electrons. The third-order valence-electron chi connectivity index (χ3n) is 7.83. The molecule has 3 aromatic carbocycles. The Morgan fingerprint density at radius 2 is 1.78 bits per heavy atom. The van der Waals surface area contributed by atoms with Crippen LogP contribution in [0.2, 0.25) is 0 Å². The van der Waals surface area contributed by atoms with Gasteiger partial charge in [-0.2, -0.15) is 5.10 Å². The normalized spacial score (nSPS) is 18.0. The van der Waals surface area contributed by atoms with Crippen LogP contribution in [0.15, 0.2) is 72.8 Å². The van der Waals surface area contributed by atoms with Crippen molar-refractivity contribution in [2.24, 2.45) is 0 Å². The molecule has 8 nitrogen and oxygen atoms in total. The topological polar surface area (TPSA) is 76.9 Å². The Balaban J connectivity index is 1.46. The van der Waals surface area contributed by atoms with Gasteiger partial charge in [0, 0.05) is 24.2 Å². The third kappa shape index (κ3) is 4.74. The minimum absolute atomic E-state index is 0.0218. The summed E-state index contributed by atoms with van der Waals surface area (Å²) in [5.41, 5.74) is 5.54. The Kier molecular flexibility index (Phi) is 6.66. The second-order valence-electron chi connectivity index (χ2n) is 10.6. The molecule has 208 valence electrons. The van der Waals surface area contributed by atoms with E-state index in [-0.39, 0.29) is 36.2 Å². The average Bonchev–Trinajstić information content (AvgIpc) is 3.75. The van der Waals surface area contributed by atoms with E-state index in [1.807, 2.05) is 83.2 Å². The highest BCUT2D eigenvalue weighted by Gasteiger charge is 2.39. The van der Waals surface area contributed by atoms with Crippen molar-refractivity contribution in [1.29, 1.82) is 0 Å². The number of carbonyl (C=O) groups excluding carboxylic acids is 2. The van der Waals surface area contributed by atoms with Gasteiger partial charge in [-0.3, -0.25) is 14.5 Å². The molecular formula is C32H30N4O4S. The molecule has 41 heavy (non-hydrogen) atoms. The summed E-state index contributed by atoms with van der Waals surface area (Å²) in [6.45, 7) is 3.66. The number of hydrogen-bond acceptors (Lipinski definition) is 6. The number of nitrogens with zero attached hydrogens (tertiary/aromatic N) is 4. The second-order valence-corrected chi connectivity index (χ2v) is 11.7. The lowest BCUT2D eigenvalue weighted by atomic mass is 9.99. The maximum absolute atomic E-state index is 13.9. The average molecular weight is 567 g/mol. The van der Waals surface area contributed by atoms with Gasteiger partial charge in [-0.1, -0.05) is 48.5 Å². The summed E-state index contributed by atoms with van der Waals surface area (Å²) in [5, 5.41) is 4.95. The first-order chi connectivity index (χ1) is 20.1. The molecule has 1 saturated heterocycles. The lowest BCUT2D eigenvalue weighted by Gasteiger charge is -2.25. The molecule has 0 spiro atoms. The molecule has 0 aliphatic carbocycles. The van der Waals surface area contributed by atoms with Gasteiger partial charge in [-0.25, -0.2) is 4.68 Å². The van der Waals surface area contributed by atoms with Crippen LogP contribution >= 0.6 is 11.8 Å². The summed E-state index contributed by atoms with van der Waals surface area (Å²) in [4.78, 5) is 31.0. The predicted octanol–water partition coefficient (Wildman–Crippen LogP) is 5.37. The van der Waals surface area contributed by atoms with Crippen molar-refractivity contribution < 1.29 is 19.1 Å². The van der Waals surface area contributed by atoms with Gasteiger partial charge in [0.25, 0.3) is 0 Å². The predicted molar refractivity (Wildman–Crippen MR) is 159 cm³/mol. The minimum Gasteiger partial charge on any atom is -0.454 e. The van der Waals surface area contributed by atoms with Crippen molar-refractivity contribution >= 4 is 29.4 Å². The standard InChI is InChI=1S/C32H30N4O4S/c1-21-8-7-11-24(16-21)36-32-29(30(33-36)22-9-3-2-4-10-22)31(23-12-13-25-26(17-23)40-20-39-25)41-19-28(38)35(32)18-27(37)34-14-5-6-15-34/h2-4,7-13,16-17,31H,5-6,14-15,18-20H2,1H3. The Hall–Kier alpha value is -4.24. The van der Waals surface area contributed by atoms with Crippen LogP contribution in [0.5, 0.6) is 11.5 Å². The van der Waals surface area contributed by atoms with Crippen molar-refractivity contribution in [2.45, 2.75) is 25.0 Å². The summed E-state index contributed by atoms with van der Waals surface area (Å²) >= 11 is 1.55. The number of benzene rings is 3. The van der Waals surface area contributed by atoms with Crippen LogP contribution in [0.25, 0.3) is 16.9 Å². The van der Waals surface area contributed by atoms with E-state index in [0.717, 1.165) is 59.6 Å². The van der Waals surface area contributed by atoms with Gasteiger partial charge >= 0.3 is 0 Å². The van der Waals surface area contributed by atoms with Gasteiger partial charge < -0.3 is 14.4 Å². The van der Waals surface area contributed by atoms with Gasteiger partial charge in [0.15, 0.2) is 11.5 Å². The highest BCUT2D eigenvalue weighted by atomic mass is 32.2. The highest BCUT2D eigenvalue weighted by Crippen LogP contribution is 2.50. The van der Waals surface area contributed by atoms with E-state index in [1.54, 1.807) is 16.7 Å². The number of thioether (sulfide) groups is 1. The van der Waals surface area contributed by atoms with Crippen molar-refractivity contribution in [3.8, 4) is 28.4 Å². The number of anilines is 1. The van der Waals surface area contributed by atoms with Crippen LogP contribution in [0, 0.1) is 6.92 Å². The molecule has 0 saturated carbocycles. The monoisotopic (exact) mass is 566 g/mol. The quantitative estimate of drug-likeness (QED) is 0.323. The largest absolute Gasteiger partial charge is 0.454 e. The number of likely N-dealkylation sites (tertiary alicyclic amines) is 1. The van der Waals surface area contributed by atoms with Crippen molar-refractivity contribution in [3.05, 3.63) is 89.5 Å².